The highest BCUT2D eigenvalue weighted by molar-refractivity contribution is 7.10. The molecule has 1 aromatic carbocycles. The van der Waals surface area contributed by atoms with E-state index in [1.807, 2.05) is 17.5 Å². The zero-order valence-corrected chi connectivity index (χ0v) is 16.8. The highest BCUT2D eigenvalue weighted by Crippen LogP contribution is 2.26. The van der Waals surface area contributed by atoms with E-state index < -0.39 is 0 Å². The highest BCUT2D eigenvalue weighted by Gasteiger charge is 2.19. The fourth-order valence-corrected chi connectivity index (χ4v) is 3.59. The molecule has 0 saturated carbocycles. The zero-order chi connectivity index (χ0) is 20.8. The molecule has 152 valence electrons. The second kappa shape index (κ2) is 9.44. The van der Waals surface area contributed by atoms with Crippen molar-refractivity contribution in [1.82, 2.24) is 15.4 Å². The number of nitrogens with one attached hydrogen (secondary N) is 2. The molecule has 1 unspecified atom stereocenters. The van der Waals surface area contributed by atoms with E-state index in [2.05, 4.69) is 15.8 Å². The maximum Gasteiger partial charge on any atom is 0.239 e. The number of carbonyl (C=O) groups is 2. The van der Waals surface area contributed by atoms with Gasteiger partial charge in [-0.2, -0.15) is 0 Å². The van der Waals surface area contributed by atoms with E-state index in [1.165, 1.54) is 23.5 Å². The fourth-order valence-electron chi connectivity index (χ4n) is 2.79. The van der Waals surface area contributed by atoms with Gasteiger partial charge < -0.3 is 15.2 Å². The lowest BCUT2D eigenvalue weighted by Gasteiger charge is -2.21. The Morgan fingerprint density at radius 3 is 2.55 bits per heavy atom. The number of benzene rings is 1. The molecular formula is C20H21FN4O3S. The lowest BCUT2D eigenvalue weighted by atomic mass is 10.1. The summed E-state index contributed by atoms with van der Waals surface area (Å²) in [6.45, 7) is 1.76. The van der Waals surface area contributed by atoms with E-state index >= 15 is 0 Å². The first-order valence-electron chi connectivity index (χ1n) is 8.90. The van der Waals surface area contributed by atoms with Gasteiger partial charge in [0.25, 0.3) is 0 Å². The standard InChI is InChI=1S/C20H21FN4O3S/c1-13-10-17(24-28-13)22-18(26)11-25(2)12-19(27)23-20(16-4-3-9-29-16)14-5-7-15(21)8-6-14/h3-10,20H,11-12H2,1-2H3,(H,23,27)(H,22,24,26). The Hall–Kier alpha value is -3.04. The molecule has 0 aliphatic rings. The number of hydrogen-bond donors (Lipinski definition) is 2. The molecule has 0 aliphatic carbocycles. The van der Waals surface area contributed by atoms with Gasteiger partial charge in [0.1, 0.15) is 11.6 Å². The quantitative estimate of drug-likeness (QED) is 0.590. The molecule has 0 aliphatic heterocycles. The third kappa shape index (κ3) is 5.97. The van der Waals surface area contributed by atoms with Crippen molar-refractivity contribution < 1.29 is 18.5 Å². The third-order valence-electron chi connectivity index (χ3n) is 4.06. The average Bonchev–Trinajstić information content (AvgIpc) is 3.32. The molecule has 3 rings (SSSR count). The van der Waals surface area contributed by atoms with E-state index in [0.29, 0.717) is 11.6 Å². The number of aryl methyl sites for hydroxylation is 1. The molecule has 2 amide bonds. The molecule has 9 heteroatoms. The Bertz CT molecular complexity index is 957. The summed E-state index contributed by atoms with van der Waals surface area (Å²) in [5.74, 6) is 0.0353. The average molecular weight is 416 g/mol. The Kier molecular flexibility index (Phi) is 6.73. The number of hydrogen-bond acceptors (Lipinski definition) is 6. The predicted octanol–water partition coefficient (Wildman–Crippen LogP) is 2.96. The molecule has 3 aromatic rings. The van der Waals surface area contributed by atoms with Crippen molar-refractivity contribution in [2.24, 2.45) is 0 Å². The van der Waals surface area contributed by atoms with Crippen LogP contribution in [0.25, 0.3) is 0 Å². The van der Waals surface area contributed by atoms with Crippen LogP contribution in [0.15, 0.2) is 52.4 Å². The minimum absolute atomic E-state index is 0.0134. The third-order valence-corrected chi connectivity index (χ3v) is 5.00. The normalized spacial score (nSPS) is 12.0. The Balaban J connectivity index is 1.58. The minimum atomic E-state index is -0.386. The zero-order valence-electron chi connectivity index (χ0n) is 16.0. The molecule has 2 heterocycles. The summed E-state index contributed by atoms with van der Waals surface area (Å²) in [7, 11) is 1.67. The van der Waals surface area contributed by atoms with E-state index in [1.54, 1.807) is 37.1 Å². The van der Waals surface area contributed by atoms with Gasteiger partial charge >= 0.3 is 0 Å². The van der Waals surface area contributed by atoms with Crippen LogP contribution in [0.4, 0.5) is 10.2 Å². The van der Waals surface area contributed by atoms with Gasteiger partial charge in [0.2, 0.25) is 11.8 Å². The van der Waals surface area contributed by atoms with Crippen LogP contribution in [0.5, 0.6) is 0 Å². The SMILES string of the molecule is Cc1cc(NC(=O)CN(C)CC(=O)NC(c2ccc(F)cc2)c2cccs2)no1. The van der Waals surface area contributed by atoms with Gasteiger partial charge in [-0.3, -0.25) is 14.5 Å². The van der Waals surface area contributed by atoms with Crippen LogP contribution in [0.2, 0.25) is 0 Å². The maximum absolute atomic E-state index is 13.3. The molecule has 0 radical (unpaired) electrons. The largest absolute Gasteiger partial charge is 0.360 e. The van der Waals surface area contributed by atoms with E-state index in [4.69, 9.17) is 4.52 Å². The minimum Gasteiger partial charge on any atom is -0.360 e. The van der Waals surface area contributed by atoms with Crippen LogP contribution < -0.4 is 10.6 Å². The van der Waals surface area contributed by atoms with Crippen LogP contribution >= 0.6 is 11.3 Å². The smallest absolute Gasteiger partial charge is 0.239 e. The molecule has 0 bridgehead atoms. The predicted molar refractivity (Wildman–Crippen MR) is 108 cm³/mol. The molecule has 29 heavy (non-hydrogen) atoms. The summed E-state index contributed by atoms with van der Waals surface area (Å²) in [6, 6.07) is 11.1. The van der Waals surface area contributed by atoms with Crippen LogP contribution in [-0.2, 0) is 9.59 Å². The second-order valence-corrected chi connectivity index (χ2v) is 7.59. The molecule has 0 fully saturated rings. The first-order valence-corrected chi connectivity index (χ1v) is 9.78. The van der Waals surface area contributed by atoms with Gasteiger partial charge in [0.15, 0.2) is 5.82 Å². The number of aromatic nitrogens is 1. The summed E-state index contributed by atoms with van der Waals surface area (Å²) >= 11 is 1.50. The van der Waals surface area contributed by atoms with Crippen LogP contribution in [0.1, 0.15) is 22.2 Å². The number of likely N-dealkylation sites (N-methyl/N-ethyl adjacent to an activating group) is 1. The fraction of sp³-hybridized carbons (Fsp3) is 0.250. The number of halogens is 1. The van der Waals surface area contributed by atoms with Crippen molar-refractivity contribution in [3.05, 3.63) is 69.9 Å². The second-order valence-electron chi connectivity index (χ2n) is 6.61. The van der Waals surface area contributed by atoms with Crippen molar-refractivity contribution in [1.29, 1.82) is 0 Å². The topological polar surface area (TPSA) is 87.5 Å². The summed E-state index contributed by atoms with van der Waals surface area (Å²) in [5, 5.41) is 11.2. The van der Waals surface area contributed by atoms with Gasteiger partial charge in [-0.25, -0.2) is 4.39 Å². The van der Waals surface area contributed by atoms with Crippen molar-refractivity contribution in [3.8, 4) is 0 Å². The number of nitrogens with zero attached hydrogens (tertiary/aromatic N) is 2. The monoisotopic (exact) mass is 416 g/mol. The first kappa shape index (κ1) is 20.7. The van der Waals surface area contributed by atoms with Crippen molar-refractivity contribution in [3.63, 3.8) is 0 Å². The van der Waals surface area contributed by atoms with Crippen LogP contribution in [0.3, 0.4) is 0 Å². The Labute approximate surface area is 171 Å². The van der Waals surface area contributed by atoms with Gasteiger partial charge in [-0.05, 0) is 43.1 Å². The molecule has 1 atom stereocenters. The lowest BCUT2D eigenvalue weighted by Crippen LogP contribution is -2.40. The number of amides is 2. The Morgan fingerprint density at radius 2 is 1.93 bits per heavy atom. The molecule has 0 spiro atoms. The van der Waals surface area contributed by atoms with E-state index in [0.717, 1.165) is 10.4 Å². The van der Waals surface area contributed by atoms with Crippen molar-refractivity contribution >= 4 is 29.0 Å². The van der Waals surface area contributed by atoms with Gasteiger partial charge in [0, 0.05) is 10.9 Å². The van der Waals surface area contributed by atoms with Crippen LogP contribution in [0, 0.1) is 12.7 Å². The first-order chi connectivity index (χ1) is 13.9. The van der Waals surface area contributed by atoms with Crippen LogP contribution in [-0.4, -0.2) is 42.0 Å². The number of rotatable bonds is 8. The van der Waals surface area contributed by atoms with Gasteiger partial charge in [-0.15, -0.1) is 11.3 Å². The van der Waals surface area contributed by atoms with E-state index in [-0.39, 0.29) is 36.8 Å². The summed E-state index contributed by atoms with van der Waals surface area (Å²) in [4.78, 5) is 27.2. The van der Waals surface area contributed by atoms with Gasteiger partial charge in [-0.1, -0.05) is 23.4 Å². The summed E-state index contributed by atoms with van der Waals surface area (Å²) < 4.78 is 18.2. The lowest BCUT2D eigenvalue weighted by molar-refractivity contribution is -0.123. The highest BCUT2D eigenvalue weighted by atomic mass is 32.1. The van der Waals surface area contributed by atoms with E-state index in [9.17, 15) is 14.0 Å². The Morgan fingerprint density at radius 1 is 1.21 bits per heavy atom. The maximum atomic E-state index is 13.3. The number of thiophene rings is 1. The molecule has 0 saturated heterocycles. The number of carbonyl (C=O) groups excluding carboxylic acids is 2. The summed E-state index contributed by atoms with van der Waals surface area (Å²) in [6.07, 6.45) is 0. The van der Waals surface area contributed by atoms with Crippen molar-refractivity contribution in [2.75, 3.05) is 25.5 Å². The number of anilines is 1. The molecule has 7 nitrogen and oxygen atoms in total. The molecule has 2 N–H and O–H groups in total. The van der Waals surface area contributed by atoms with Crippen molar-refractivity contribution in [2.45, 2.75) is 13.0 Å². The molecule has 2 aromatic heterocycles. The van der Waals surface area contributed by atoms with Gasteiger partial charge in [0.05, 0.1) is 19.1 Å². The summed E-state index contributed by atoms with van der Waals surface area (Å²) in [5.41, 5.74) is 0.781. The molecular weight excluding hydrogens is 395 g/mol.